The Morgan fingerprint density at radius 2 is 1.11 bits per heavy atom. The standard InChI is InChI=1S/C30H45N3O3.C16H22N2.C14H25NO4/c1-19(2)16-26-27-23(24-17-20(3)8-13-25(24)31-27)14-15-33(26)28(34)22-11-9-21(10-12-22)18-32(7)29(35)36-30(4,5)6;1-10(2)8-15-16-12(6-7-17-15)13-9-11(3)4-5-14(13)18-16;1-14(2,3)19-13(18)15(4)9-10-5-7-11(8-6-10)12(16)17/h8,13,17,19,21-22,26,31H,9-12,14-16,18H2,1-7H3;4-5,9-10,15,17-18H,6-8H2,1-3H3;10-11H,5-9H2,1-4H3,(H,16,17). The van der Waals surface area contributed by atoms with Gasteiger partial charge in [-0.25, -0.2) is 9.59 Å². The van der Waals surface area contributed by atoms with Crippen molar-refractivity contribution in [3.8, 4) is 0 Å². The Labute approximate surface area is 437 Å². The van der Waals surface area contributed by atoms with Crippen LogP contribution >= 0.6 is 0 Å². The first kappa shape index (κ1) is 57.2. The second-order valence-electron chi connectivity index (χ2n) is 24.9. The zero-order valence-electron chi connectivity index (χ0n) is 47.1. The minimum absolute atomic E-state index is 0.0796. The summed E-state index contributed by atoms with van der Waals surface area (Å²) in [5.41, 5.74) is 9.75. The smallest absolute Gasteiger partial charge is 0.410 e. The van der Waals surface area contributed by atoms with E-state index in [1.807, 2.05) is 48.6 Å². The average molecular weight is 1010 g/mol. The number of ether oxygens (including phenoxy) is 2. The quantitative estimate of drug-likeness (QED) is 0.122. The van der Waals surface area contributed by atoms with Gasteiger partial charge in [-0.05, 0) is 198 Å². The number of aryl methyl sites for hydroxylation is 2. The van der Waals surface area contributed by atoms with E-state index in [1.165, 1.54) is 61.9 Å². The van der Waals surface area contributed by atoms with Gasteiger partial charge < -0.3 is 44.6 Å². The molecule has 2 unspecified atom stereocenters. The van der Waals surface area contributed by atoms with Crippen molar-refractivity contribution in [2.45, 2.75) is 183 Å². The predicted molar refractivity (Wildman–Crippen MR) is 294 cm³/mol. The summed E-state index contributed by atoms with van der Waals surface area (Å²) in [6, 6.07) is 14.0. The zero-order chi connectivity index (χ0) is 53.5. The fraction of sp³-hybridized carbons (Fsp3) is 0.667. The lowest BCUT2D eigenvalue weighted by atomic mass is 9.80. The highest BCUT2D eigenvalue weighted by Gasteiger charge is 2.38. The van der Waals surface area contributed by atoms with Crippen LogP contribution in [-0.4, -0.2) is 105 Å². The first-order valence-corrected chi connectivity index (χ1v) is 27.6. The molecule has 2 atom stereocenters. The van der Waals surface area contributed by atoms with E-state index in [4.69, 9.17) is 14.6 Å². The number of carbonyl (C=O) groups excluding carboxylic acids is 3. The molecular formula is C60H92N6O7. The molecule has 3 amide bonds. The van der Waals surface area contributed by atoms with Crippen molar-refractivity contribution >= 4 is 45.9 Å². The second-order valence-corrected chi connectivity index (χ2v) is 24.9. The van der Waals surface area contributed by atoms with Gasteiger partial charge in [0.2, 0.25) is 5.91 Å². The number of fused-ring (bicyclic) bond motifs is 6. The van der Waals surface area contributed by atoms with Crippen molar-refractivity contribution < 1.29 is 33.8 Å². The summed E-state index contributed by atoms with van der Waals surface area (Å²) in [6.45, 7) is 27.8. The van der Waals surface area contributed by atoms with Crippen LogP contribution in [0.3, 0.4) is 0 Å². The molecule has 4 N–H and O–H groups in total. The van der Waals surface area contributed by atoms with Crippen LogP contribution in [0.5, 0.6) is 0 Å². The number of carboxylic acid groups (broad SMARTS) is 1. The van der Waals surface area contributed by atoms with Gasteiger partial charge in [0.15, 0.2) is 0 Å². The maximum absolute atomic E-state index is 13.8. The number of carboxylic acids is 1. The largest absolute Gasteiger partial charge is 0.481 e. The molecule has 13 nitrogen and oxygen atoms in total. The lowest BCUT2D eigenvalue weighted by molar-refractivity contribution is -0.143. The molecule has 2 aliphatic heterocycles. The molecule has 4 aliphatic rings. The van der Waals surface area contributed by atoms with E-state index in [9.17, 15) is 19.2 Å². The maximum Gasteiger partial charge on any atom is 0.410 e. The fourth-order valence-corrected chi connectivity index (χ4v) is 11.6. The monoisotopic (exact) mass is 1010 g/mol. The summed E-state index contributed by atoms with van der Waals surface area (Å²) in [5.74, 6) is 1.53. The highest BCUT2D eigenvalue weighted by atomic mass is 16.6. The lowest BCUT2D eigenvalue weighted by Gasteiger charge is -2.40. The first-order valence-electron chi connectivity index (χ1n) is 27.6. The van der Waals surface area contributed by atoms with Gasteiger partial charge in [-0.15, -0.1) is 0 Å². The minimum atomic E-state index is -0.695. The molecule has 2 aliphatic carbocycles. The van der Waals surface area contributed by atoms with Crippen LogP contribution in [0.15, 0.2) is 36.4 Å². The van der Waals surface area contributed by atoms with Crippen LogP contribution < -0.4 is 5.32 Å². The van der Waals surface area contributed by atoms with Gasteiger partial charge >= 0.3 is 18.2 Å². The average Bonchev–Trinajstić information content (AvgIpc) is 3.87. The fourth-order valence-electron chi connectivity index (χ4n) is 11.6. The number of aromatic amines is 2. The first-order chi connectivity index (χ1) is 34.3. The number of H-pyrrole nitrogens is 2. The van der Waals surface area contributed by atoms with Crippen molar-refractivity contribution in [3.05, 3.63) is 70.0 Å². The molecule has 2 fully saturated rings. The molecule has 4 heterocycles. The Morgan fingerprint density at radius 1 is 0.658 bits per heavy atom. The van der Waals surface area contributed by atoms with E-state index >= 15 is 0 Å². The number of nitrogens with one attached hydrogen (secondary N) is 3. The Kier molecular flexibility index (Phi) is 19.2. The summed E-state index contributed by atoms with van der Waals surface area (Å²) in [6.07, 6.45) is 10.6. The molecule has 13 heteroatoms. The third-order valence-electron chi connectivity index (χ3n) is 15.2. The molecule has 8 rings (SSSR count). The SMILES string of the molecule is CN(CC1CCC(C(=O)O)CC1)C(=O)OC(C)(C)C.Cc1ccc2[nH]c3c(c2c1)CCN(C(=O)C1CCC(CN(C)C(=O)OC(C)(C)C)CC1)C3CC(C)C.Cc1ccc2[nH]c3c(c2c1)CCNC3CC(C)C. The summed E-state index contributed by atoms with van der Waals surface area (Å²) >= 11 is 0. The van der Waals surface area contributed by atoms with Crippen LogP contribution in [0.2, 0.25) is 0 Å². The van der Waals surface area contributed by atoms with Crippen molar-refractivity contribution in [2.75, 3.05) is 40.3 Å². The molecule has 2 aromatic heterocycles. The van der Waals surface area contributed by atoms with Gasteiger partial charge in [0.25, 0.3) is 0 Å². The third kappa shape index (κ3) is 15.7. The van der Waals surface area contributed by atoms with E-state index < -0.39 is 17.2 Å². The Morgan fingerprint density at radius 3 is 1.56 bits per heavy atom. The molecule has 0 saturated heterocycles. The molecule has 0 spiro atoms. The molecule has 2 aromatic carbocycles. The van der Waals surface area contributed by atoms with E-state index in [0.717, 1.165) is 76.8 Å². The van der Waals surface area contributed by atoms with Gasteiger partial charge in [0.1, 0.15) is 11.2 Å². The summed E-state index contributed by atoms with van der Waals surface area (Å²) in [5, 5.41) is 15.3. The van der Waals surface area contributed by atoms with Crippen LogP contribution in [-0.2, 0) is 31.9 Å². The summed E-state index contributed by atoms with van der Waals surface area (Å²) < 4.78 is 10.8. The highest BCUT2D eigenvalue weighted by Crippen LogP contribution is 2.41. The van der Waals surface area contributed by atoms with Gasteiger partial charge in [-0.2, -0.15) is 0 Å². The molecule has 404 valence electrons. The van der Waals surface area contributed by atoms with Gasteiger partial charge in [-0.1, -0.05) is 51.0 Å². The highest BCUT2D eigenvalue weighted by molar-refractivity contribution is 5.88. The maximum atomic E-state index is 13.8. The van der Waals surface area contributed by atoms with Crippen LogP contribution in [0.25, 0.3) is 21.8 Å². The van der Waals surface area contributed by atoms with Crippen LogP contribution in [0.1, 0.15) is 179 Å². The molecule has 73 heavy (non-hydrogen) atoms. The molecule has 2 saturated carbocycles. The van der Waals surface area contributed by atoms with Gasteiger partial charge in [-0.3, -0.25) is 9.59 Å². The van der Waals surface area contributed by atoms with Crippen molar-refractivity contribution in [1.82, 2.24) is 30.0 Å². The topological polar surface area (TPSA) is 160 Å². The number of rotatable bonds is 10. The Balaban J connectivity index is 0.000000197. The lowest BCUT2D eigenvalue weighted by Crippen LogP contribution is -2.45. The number of carbonyl (C=O) groups is 4. The number of benzene rings is 2. The Hall–Kier alpha value is -5.04. The third-order valence-corrected chi connectivity index (χ3v) is 15.2. The molecule has 0 bridgehead atoms. The van der Waals surface area contributed by atoms with Crippen molar-refractivity contribution in [2.24, 2.45) is 35.5 Å². The van der Waals surface area contributed by atoms with E-state index in [0.29, 0.717) is 55.6 Å². The van der Waals surface area contributed by atoms with Crippen molar-refractivity contribution in [1.29, 1.82) is 0 Å². The number of aliphatic carboxylic acids is 1. The minimum Gasteiger partial charge on any atom is -0.481 e. The number of aromatic nitrogens is 2. The van der Waals surface area contributed by atoms with Crippen LogP contribution in [0, 0.1) is 49.4 Å². The van der Waals surface area contributed by atoms with E-state index in [2.05, 4.69) is 98.1 Å². The number of hydrogen-bond donors (Lipinski definition) is 4. The summed E-state index contributed by atoms with van der Waals surface area (Å²) in [4.78, 5) is 61.7. The van der Waals surface area contributed by atoms with Gasteiger partial charge in [0.05, 0.1) is 12.0 Å². The summed E-state index contributed by atoms with van der Waals surface area (Å²) in [7, 11) is 3.55. The number of nitrogens with zero attached hydrogens (tertiary/aromatic N) is 3. The number of hydrogen-bond acceptors (Lipinski definition) is 7. The Bertz CT molecular complexity index is 2490. The van der Waals surface area contributed by atoms with Crippen LogP contribution in [0.4, 0.5) is 9.59 Å². The van der Waals surface area contributed by atoms with Gasteiger partial charge in [0, 0.05) is 78.9 Å². The van der Waals surface area contributed by atoms with E-state index in [1.54, 1.807) is 16.8 Å². The van der Waals surface area contributed by atoms with Crippen molar-refractivity contribution in [3.63, 3.8) is 0 Å². The number of amides is 3. The normalized spacial score (nSPS) is 22.1. The molecular weight excluding hydrogens is 917 g/mol. The molecule has 4 aromatic rings. The zero-order valence-corrected chi connectivity index (χ0v) is 47.1. The van der Waals surface area contributed by atoms with E-state index in [-0.39, 0.29) is 30.1 Å². The molecule has 0 radical (unpaired) electrons. The second kappa shape index (κ2) is 24.5. The predicted octanol–water partition coefficient (Wildman–Crippen LogP) is 13.1.